The molecule has 19 heavy (non-hydrogen) atoms. The lowest BCUT2D eigenvalue weighted by Gasteiger charge is -2.28. The minimum absolute atomic E-state index is 0.201. The Kier molecular flexibility index (Phi) is 4.24. The largest absolute Gasteiger partial charge is 0.351 e. The molecule has 0 saturated carbocycles. The molecule has 2 bridgehead atoms. The number of amides is 1. The molecule has 2 fully saturated rings. The predicted octanol–water partition coefficient (Wildman–Crippen LogP) is 3.05. The standard InChI is InChI=1S/C14H19BrN2OS/c15-12-3-4-19-13(12)8-16-14(18)7-9-5-10-1-2-11(6-9)17-10/h3-4,9-11,17H,1-2,5-8H2,(H,16,18). The zero-order valence-electron chi connectivity index (χ0n) is 10.8. The average Bonchev–Trinajstić information content (AvgIpc) is 2.93. The van der Waals surface area contributed by atoms with Crippen LogP contribution in [0, 0.1) is 5.92 Å². The number of halogens is 1. The number of rotatable bonds is 4. The van der Waals surface area contributed by atoms with E-state index in [1.54, 1.807) is 11.3 Å². The summed E-state index contributed by atoms with van der Waals surface area (Å²) in [7, 11) is 0. The molecule has 0 radical (unpaired) electrons. The third-order valence-electron chi connectivity index (χ3n) is 4.18. The van der Waals surface area contributed by atoms with Crippen molar-refractivity contribution in [1.29, 1.82) is 0 Å². The van der Waals surface area contributed by atoms with Crippen LogP contribution in [0.3, 0.4) is 0 Å². The van der Waals surface area contributed by atoms with Crippen molar-refractivity contribution in [3.8, 4) is 0 Å². The highest BCUT2D eigenvalue weighted by atomic mass is 79.9. The van der Waals surface area contributed by atoms with Crippen molar-refractivity contribution >= 4 is 33.2 Å². The van der Waals surface area contributed by atoms with Crippen LogP contribution in [0.5, 0.6) is 0 Å². The van der Waals surface area contributed by atoms with Gasteiger partial charge in [-0.3, -0.25) is 4.79 Å². The molecule has 1 aromatic rings. The molecule has 2 aliphatic rings. The van der Waals surface area contributed by atoms with Crippen LogP contribution in [0.2, 0.25) is 0 Å². The number of carbonyl (C=O) groups excluding carboxylic acids is 1. The van der Waals surface area contributed by atoms with Gasteiger partial charge in [0.2, 0.25) is 5.91 Å². The Bertz CT molecular complexity index is 450. The van der Waals surface area contributed by atoms with E-state index in [9.17, 15) is 4.79 Å². The van der Waals surface area contributed by atoms with E-state index in [1.807, 2.05) is 11.4 Å². The van der Waals surface area contributed by atoms with Crippen molar-refractivity contribution in [2.24, 2.45) is 5.92 Å². The van der Waals surface area contributed by atoms with E-state index in [2.05, 4.69) is 26.6 Å². The fourth-order valence-corrected chi connectivity index (χ4v) is 4.74. The van der Waals surface area contributed by atoms with Gasteiger partial charge in [0.15, 0.2) is 0 Å². The predicted molar refractivity (Wildman–Crippen MR) is 81.2 cm³/mol. The van der Waals surface area contributed by atoms with Crippen LogP contribution in [-0.4, -0.2) is 18.0 Å². The van der Waals surface area contributed by atoms with Crippen LogP contribution in [-0.2, 0) is 11.3 Å². The Labute approximate surface area is 126 Å². The van der Waals surface area contributed by atoms with Gasteiger partial charge in [0.1, 0.15) is 0 Å². The van der Waals surface area contributed by atoms with E-state index in [4.69, 9.17) is 0 Å². The Hall–Kier alpha value is -0.390. The van der Waals surface area contributed by atoms with E-state index in [0.717, 1.165) is 4.47 Å². The highest BCUT2D eigenvalue weighted by molar-refractivity contribution is 9.10. The molecular formula is C14H19BrN2OS. The summed E-state index contributed by atoms with van der Waals surface area (Å²) in [5.41, 5.74) is 0. The van der Waals surface area contributed by atoms with Crippen LogP contribution < -0.4 is 10.6 Å². The maximum Gasteiger partial charge on any atom is 0.220 e. The van der Waals surface area contributed by atoms with E-state index in [1.165, 1.54) is 30.6 Å². The molecule has 1 amide bonds. The molecule has 3 heterocycles. The molecule has 0 spiro atoms. The SMILES string of the molecule is O=C(CC1CC2CCC(C1)N2)NCc1sccc1Br. The summed E-state index contributed by atoms with van der Waals surface area (Å²) in [5.74, 6) is 0.775. The normalized spacial score (nSPS) is 29.4. The summed E-state index contributed by atoms with van der Waals surface area (Å²) < 4.78 is 1.10. The highest BCUT2D eigenvalue weighted by Crippen LogP contribution is 2.32. The zero-order valence-corrected chi connectivity index (χ0v) is 13.2. The van der Waals surface area contributed by atoms with E-state index in [0.29, 0.717) is 31.0 Å². The molecular weight excluding hydrogens is 324 g/mol. The zero-order chi connectivity index (χ0) is 13.2. The first-order chi connectivity index (χ1) is 9.20. The first-order valence-electron chi connectivity index (χ1n) is 6.95. The molecule has 2 atom stereocenters. The van der Waals surface area contributed by atoms with Crippen molar-refractivity contribution in [2.45, 2.75) is 50.7 Å². The first kappa shape index (κ1) is 13.6. The quantitative estimate of drug-likeness (QED) is 0.882. The lowest BCUT2D eigenvalue weighted by molar-refractivity contribution is -0.122. The van der Waals surface area contributed by atoms with Crippen LogP contribution in [0.25, 0.3) is 0 Å². The number of hydrogen-bond acceptors (Lipinski definition) is 3. The number of fused-ring (bicyclic) bond motifs is 2. The fourth-order valence-electron chi connectivity index (χ4n) is 3.31. The van der Waals surface area contributed by atoms with Crippen molar-refractivity contribution in [2.75, 3.05) is 0 Å². The molecule has 1 aromatic heterocycles. The Morgan fingerprint density at radius 3 is 2.79 bits per heavy atom. The van der Waals surface area contributed by atoms with E-state index >= 15 is 0 Å². The van der Waals surface area contributed by atoms with Gasteiger partial charge in [-0.2, -0.15) is 0 Å². The third kappa shape index (κ3) is 3.38. The van der Waals surface area contributed by atoms with Crippen molar-refractivity contribution in [3.63, 3.8) is 0 Å². The Morgan fingerprint density at radius 2 is 2.16 bits per heavy atom. The second-order valence-corrected chi connectivity index (χ2v) is 7.50. The van der Waals surface area contributed by atoms with Crippen LogP contribution in [0.15, 0.2) is 15.9 Å². The van der Waals surface area contributed by atoms with Gasteiger partial charge < -0.3 is 10.6 Å². The number of nitrogens with one attached hydrogen (secondary N) is 2. The summed E-state index contributed by atoms with van der Waals surface area (Å²) in [4.78, 5) is 13.2. The molecule has 104 valence electrons. The van der Waals surface area contributed by atoms with Gasteiger partial charge in [0.25, 0.3) is 0 Å². The van der Waals surface area contributed by atoms with E-state index in [-0.39, 0.29) is 5.91 Å². The number of hydrogen-bond donors (Lipinski definition) is 2. The van der Waals surface area contributed by atoms with Gasteiger partial charge in [-0.15, -0.1) is 11.3 Å². The summed E-state index contributed by atoms with van der Waals surface area (Å²) in [6.45, 7) is 0.648. The van der Waals surface area contributed by atoms with Gasteiger partial charge in [-0.1, -0.05) is 0 Å². The first-order valence-corrected chi connectivity index (χ1v) is 8.62. The van der Waals surface area contributed by atoms with Crippen molar-refractivity contribution in [1.82, 2.24) is 10.6 Å². The molecule has 2 unspecified atom stereocenters. The number of piperidine rings is 1. The highest BCUT2D eigenvalue weighted by Gasteiger charge is 2.34. The number of thiophene rings is 1. The molecule has 2 saturated heterocycles. The van der Waals surface area contributed by atoms with Crippen molar-refractivity contribution < 1.29 is 4.79 Å². The third-order valence-corrected chi connectivity index (χ3v) is 6.11. The topological polar surface area (TPSA) is 41.1 Å². The summed E-state index contributed by atoms with van der Waals surface area (Å²) in [6, 6.07) is 3.36. The van der Waals surface area contributed by atoms with Gasteiger partial charge in [-0.25, -0.2) is 0 Å². The smallest absolute Gasteiger partial charge is 0.220 e. The van der Waals surface area contributed by atoms with Crippen LogP contribution in [0.1, 0.15) is 37.0 Å². The summed E-state index contributed by atoms with van der Waals surface area (Å²) in [6.07, 6.45) is 5.63. The number of carbonyl (C=O) groups is 1. The average molecular weight is 343 g/mol. The monoisotopic (exact) mass is 342 g/mol. The summed E-state index contributed by atoms with van der Waals surface area (Å²) in [5, 5.41) is 8.70. The molecule has 2 aliphatic heterocycles. The molecule has 3 rings (SSSR count). The maximum atomic E-state index is 12.0. The van der Waals surface area contributed by atoms with Gasteiger partial charge in [0.05, 0.1) is 6.54 Å². The molecule has 0 aromatic carbocycles. The van der Waals surface area contributed by atoms with Gasteiger partial charge in [-0.05, 0) is 59.0 Å². The van der Waals surface area contributed by atoms with Crippen LogP contribution >= 0.6 is 27.3 Å². The molecule has 3 nitrogen and oxygen atoms in total. The Morgan fingerprint density at radius 1 is 1.42 bits per heavy atom. The summed E-state index contributed by atoms with van der Waals surface area (Å²) >= 11 is 5.17. The lowest BCUT2D eigenvalue weighted by atomic mass is 9.89. The maximum absolute atomic E-state index is 12.0. The van der Waals surface area contributed by atoms with Crippen molar-refractivity contribution in [3.05, 3.63) is 20.8 Å². The molecule has 2 N–H and O–H groups in total. The molecule has 5 heteroatoms. The Balaban J connectivity index is 1.45. The lowest BCUT2D eigenvalue weighted by Crippen LogP contribution is -2.39. The van der Waals surface area contributed by atoms with Gasteiger partial charge in [0, 0.05) is 27.9 Å². The molecule has 0 aliphatic carbocycles. The van der Waals surface area contributed by atoms with E-state index < -0.39 is 0 Å². The fraction of sp³-hybridized carbons (Fsp3) is 0.643. The second-order valence-electron chi connectivity index (χ2n) is 5.65. The van der Waals surface area contributed by atoms with Gasteiger partial charge >= 0.3 is 0 Å². The minimum Gasteiger partial charge on any atom is -0.351 e. The minimum atomic E-state index is 0.201. The van der Waals surface area contributed by atoms with Crippen LogP contribution in [0.4, 0.5) is 0 Å². The second kappa shape index (κ2) is 5.94.